The molecule has 53 valence electrons. The molecule has 0 heterocycles. The summed E-state index contributed by atoms with van der Waals surface area (Å²) in [5.74, 6) is 0. The fraction of sp³-hybridized carbons (Fsp3) is 0.250. The maximum atomic E-state index is 3.07. The van der Waals surface area contributed by atoms with E-state index >= 15 is 0 Å². The Balaban J connectivity index is 3.04. The second-order valence-corrected chi connectivity index (χ2v) is 5.49. The van der Waals surface area contributed by atoms with Gasteiger partial charge in [-0.15, -0.1) is 0 Å². The van der Waals surface area contributed by atoms with Gasteiger partial charge in [0.05, 0.1) is 0 Å². The molecular formula is C8H9Se2. The van der Waals surface area contributed by atoms with Gasteiger partial charge in [0.1, 0.15) is 0 Å². The molecule has 0 atom stereocenters. The summed E-state index contributed by atoms with van der Waals surface area (Å²) in [6.07, 6.45) is 0. The molecule has 1 aromatic carbocycles. The number of hydrogen-bond acceptors (Lipinski definition) is 0. The van der Waals surface area contributed by atoms with Gasteiger partial charge < -0.3 is 0 Å². The van der Waals surface area contributed by atoms with Crippen LogP contribution in [0, 0.1) is 13.8 Å². The van der Waals surface area contributed by atoms with Gasteiger partial charge in [-0.2, -0.15) is 0 Å². The Kier molecular flexibility index (Phi) is 3.00. The van der Waals surface area contributed by atoms with Gasteiger partial charge in [0.15, 0.2) is 0 Å². The summed E-state index contributed by atoms with van der Waals surface area (Å²) in [6, 6.07) is 6.63. The number of benzene rings is 1. The molecule has 0 aliphatic rings. The molecule has 0 amide bonds. The minimum atomic E-state index is 0.526. The van der Waals surface area contributed by atoms with Crippen LogP contribution in [0.4, 0.5) is 0 Å². The number of rotatable bonds is 1. The van der Waals surface area contributed by atoms with E-state index in [4.69, 9.17) is 0 Å². The molecular weight excluding hydrogens is 254 g/mol. The first kappa shape index (κ1) is 8.36. The minimum absolute atomic E-state index is 0.526. The number of hydrogen-bond donors (Lipinski definition) is 0. The molecule has 1 rings (SSSR count). The Morgan fingerprint density at radius 2 is 1.90 bits per heavy atom. The zero-order valence-electron chi connectivity index (χ0n) is 6.05. The molecule has 0 spiro atoms. The molecule has 0 saturated carbocycles. The van der Waals surface area contributed by atoms with Crippen LogP contribution in [0.1, 0.15) is 11.1 Å². The van der Waals surface area contributed by atoms with Crippen molar-refractivity contribution in [1.82, 2.24) is 0 Å². The summed E-state index contributed by atoms with van der Waals surface area (Å²) in [4.78, 5) is 0. The average Bonchev–Trinajstić information content (AvgIpc) is 1.95. The van der Waals surface area contributed by atoms with Crippen molar-refractivity contribution in [3.8, 4) is 0 Å². The van der Waals surface area contributed by atoms with Crippen molar-refractivity contribution in [3.63, 3.8) is 0 Å². The van der Waals surface area contributed by atoms with Gasteiger partial charge in [-0.1, -0.05) is 0 Å². The summed E-state index contributed by atoms with van der Waals surface area (Å²) in [7, 11) is 0. The second-order valence-electron chi connectivity index (χ2n) is 2.33. The fourth-order valence-corrected chi connectivity index (χ4v) is 2.63. The quantitative estimate of drug-likeness (QED) is 0.655. The molecule has 0 aliphatic carbocycles. The first-order valence-corrected chi connectivity index (χ1v) is 8.30. The third kappa shape index (κ3) is 1.87. The van der Waals surface area contributed by atoms with Crippen LogP contribution in [0.2, 0.25) is 0 Å². The monoisotopic (exact) mass is 265 g/mol. The van der Waals surface area contributed by atoms with Crippen LogP contribution >= 0.6 is 0 Å². The molecule has 0 saturated heterocycles. The normalized spacial score (nSPS) is 9.90. The van der Waals surface area contributed by atoms with Crippen molar-refractivity contribution in [2.24, 2.45) is 0 Å². The molecule has 1 radical (unpaired) electrons. The molecule has 10 heavy (non-hydrogen) atoms. The Morgan fingerprint density at radius 1 is 1.20 bits per heavy atom. The van der Waals surface area contributed by atoms with E-state index in [0.717, 1.165) is 0 Å². The van der Waals surface area contributed by atoms with E-state index in [9.17, 15) is 0 Å². The summed E-state index contributed by atoms with van der Waals surface area (Å²) in [5.41, 5.74) is 2.78. The van der Waals surface area contributed by atoms with Gasteiger partial charge >= 0.3 is 75.0 Å². The second kappa shape index (κ2) is 3.59. The van der Waals surface area contributed by atoms with Gasteiger partial charge in [0, 0.05) is 0 Å². The van der Waals surface area contributed by atoms with Gasteiger partial charge in [-0.25, -0.2) is 0 Å². The summed E-state index contributed by atoms with van der Waals surface area (Å²) in [5, 5.41) is 0. The Morgan fingerprint density at radius 3 is 2.40 bits per heavy atom. The summed E-state index contributed by atoms with van der Waals surface area (Å²) >= 11 is 3.59. The van der Waals surface area contributed by atoms with Crippen molar-refractivity contribution < 1.29 is 0 Å². The standard InChI is InChI=1S/C8H9Se2/c1-6-3-4-8(10-9)5-7(6)2/h3-5H,1-2H3. The molecule has 0 unspecified atom stereocenters. The van der Waals surface area contributed by atoms with Gasteiger partial charge in [-0.3, -0.25) is 0 Å². The van der Waals surface area contributed by atoms with Crippen LogP contribution in [-0.2, 0) is 0 Å². The molecule has 0 aromatic heterocycles. The van der Waals surface area contributed by atoms with E-state index < -0.39 is 0 Å². The molecule has 0 aliphatic heterocycles. The van der Waals surface area contributed by atoms with Crippen molar-refractivity contribution in [2.75, 3.05) is 0 Å². The van der Waals surface area contributed by atoms with E-state index in [2.05, 4.69) is 46.2 Å². The zero-order chi connectivity index (χ0) is 7.56. The third-order valence-electron chi connectivity index (χ3n) is 1.57. The molecule has 0 fully saturated rings. The van der Waals surface area contributed by atoms with E-state index in [1.807, 2.05) is 0 Å². The topological polar surface area (TPSA) is 0 Å². The summed E-state index contributed by atoms with van der Waals surface area (Å²) in [6.45, 7) is 4.30. The molecule has 0 bridgehead atoms. The van der Waals surface area contributed by atoms with Gasteiger partial charge in [0.25, 0.3) is 0 Å². The van der Waals surface area contributed by atoms with Crippen molar-refractivity contribution in [1.29, 1.82) is 0 Å². The van der Waals surface area contributed by atoms with Crippen molar-refractivity contribution in [2.45, 2.75) is 13.8 Å². The Hall–Kier alpha value is 0.259. The van der Waals surface area contributed by atoms with E-state index in [-0.39, 0.29) is 0 Å². The van der Waals surface area contributed by atoms with Crippen molar-refractivity contribution in [3.05, 3.63) is 29.3 Å². The Bertz CT molecular complexity index is 231. The van der Waals surface area contributed by atoms with Crippen LogP contribution in [-0.4, -0.2) is 27.3 Å². The predicted molar refractivity (Wildman–Crippen MR) is 47.1 cm³/mol. The Labute approximate surface area is 74.9 Å². The van der Waals surface area contributed by atoms with Gasteiger partial charge in [-0.05, 0) is 0 Å². The van der Waals surface area contributed by atoms with E-state index in [1.165, 1.54) is 15.6 Å². The van der Waals surface area contributed by atoms with Crippen LogP contribution in [0.5, 0.6) is 0 Å². The first-order chi connectivity index (χ1) is 4.74. The van der Waals surface area contributed by atoms with Crippen LogP contribution in [0.3, 0.4) is 0 Å². The fourth-order valence-electron chi connectivity index (χ4n) is 0.766. The first-order valence-electron chi connectivity index (χ1n) is 3.11. The number of aryl methyl sites for hydroxylation is 2. The predicted octanol–water partition coefficient (Wildman–Crippen LogP) is 0.716. The van der Waals surface area contributed by atoms with Crippen LogP contribution in [0.25, 0.3) is 0 Å². The summed E-state index contributed by atoms with van der Waals surface area (Å²) < 4.78 is 1.44. The molecule has 0 nitrogen and oxygen atoms in total. The van der Waals surface area contributed by atoms with Crippen molar-refractivity contribution >= 4 is 31.8 Å². The van der Waals surface area contributed by atoms with E-state index in [1.54, 1.807) is 0 Å². The van der Waals surface area contributed by atoms with Crippen LogP contribution in [0.15, 0.2) is 18.2 Å². The zero-order valence-corrected chi connectivity index (χ0v) is 9.47. The third-order valence-corrected chi connectivity index (χ3v) is 4.61. The van der Waals surface area contributed by atoms with Crippen LogP contribution < -0.4 is 4.46 Å². The maximum absolute atomic E-state index is 3.07. The van der Waals surface area contributed by atoms with Gasteiger partial charge in [0.2, 0.25) is 0 Å². The average molecular weight is 263 g/mol. The molecule has 0 N–H and O–H groups in total. The molecule has 1 aromatic rings. The molecule has 2 heteroatoms. The SMILES string of the molecule is Cc1ccc([Se][Se])cc1C. The van der Waals surface area contributed by atoms with E-state index in [0.29, 0.717) is 13.1 Å².